The molecule has 2 N–H and O–H groups in total. The van der Waals surface area contributed by atoms with Crippen LogP contribution in [0.15, 0.2) is 12.9 Å². The lowest BCUT2D eigenvalue weighted by Crippen LogP contribution is -1.89. The summed E-state index contributed by atoms with van der Waals surface area (Å²) in [6.45, 7) is 3.45. The fourth-order valence-electron chi connectivity index (χ4n) is 0.376. The molecule has 8 heavy (non-hydrogen) atoms. The highest BCUT2D eigenvalue weighted by molar-refractivity contribution is 5.18. The SMILES string of the molecule is C=Cn1cnc(N)n1. The molecule has 0 aliphatic rings. The first-order valence-corrected chi connectivity index (χ1v) is 2.12. The number of hydrogen-bond donors (Lipinski definition) is 1. The first kappa shape index (κ1) is 4.83. The lowest BCUT2D eigenvalue weighted by atomic mass is 11.0. The first-order chi connectivity index (χ1) is 3.83. The number of nitrogens with zero attached hydrogens (tertiary/aromatic N) is 3. The summed E-state index contributed by atoms with van der Waals surface area (Å²) in [5, 5.41) is 3.69. The number of nitrogen functional groups attached to an aromatic ring is 1. The third-order valence-electron chi connectivity index (χ3n) is 0.713. The van der Waals surface area contributed by atoms with Gasteiger partial charge in [0.15, 0.2) is 0 Å². The van der Waals surface area contributed by atoms with Crippen LogP contribution < -0.4 is 5.73 Å². The topological polar surface area (TPSA) is 56.7 Å². The van der Waals surface area contributed by atoms with Gasteiger partial charge in [0, 0.05) is 6.20 Å². The number of hydrogen-bond acceptors (Lipinski definition) is 3. The molecule has 42 valence electrons. The Balaban J connectivity index is 3.00. The minimum absolute atomic E-state index is 0.268. The van der Waals surface area contributed by atoms with Crippen molar-refractivity contribution in [1.29, 1.82) is 0 Å². The van der Waals surface area contributed by atoms with Crippen LogP contribution in [0.4, 0.5) is 5.95 Å². The number of nitrogens with two attached hydrogens (primary N) is 1. The van der Waals surface area contributed by atoms with Crippen molar-refractivity contribution in [3.8, 4) is 0 Å². The van der Waals surface area contributed by atoms with Crippen LogP contribution in [0.3, 0.4) is 0 Å². The molecule has 0 bridgehead atoms. The highest BCUT2D eigenvalue weighted by atomic mass is 15.3. The molecule has 0 fully saturated rings. The Bertz CT molecular complexity index is 190. The van der Waals surface area contributed by atoms with Crippen molar-refractivity contribution in [1.82, 2.24) is 14.8 Å². The summed E-state index contributed by atoms with van der Waals surface area (Å²) in [7, 11) is 0. The van der Waals surface area contributed by atoms with E-state index < -0.39 is 0 Å². The monoisotopic (exact) mass is 110 g/mol. The lowest BCUT2D eigenvalue weighted by molar-refractivity contribution is 0.941. The molecule has 1 heterocycles. The molecule has 4 heteroatoms. The van der Waals surface area contributed by atoms with Crippen LogP contribution in [0.5, 0.6) is 0 Å². The third-order valence-corrected chi connectivity index (χ3v) is 0.713. The molecular formula is C4H6N4. The van der Waals surface area contributed by atoms with Gasteiger partial charge in [0.25, 0.3) is 0 Å². The molecule has 0 saturated heterocycles. The molecule has 4 nitrogen and oxygen atoms in total. The van der Waals surface area contributed by atoms with E-state index in [0.29, 0.717) is 0 Å². The van der Waals surface area contributed by atoms with Gasteiger partial charge in [-0.15, -0.1) is 5.10 Å². The molecule has 1 aromatic rings. The van der Waals surface area contributed by atoms with E-state index in [1.165, 1.54) is 17.2 Å². The standard InChI is InChI=1S/C4H6N4/c1-2-8-3-6-4(5)7-8/h2-3H,1H2,(H2,5,7). The van der Waals surface area contributed by atoms with Gasteiger partial charge in [0.1, 0.15) is 6.33 Å². The van der Waals surface area contributed by atoms with Crippen LogP contribution in [0.1, 0.15) is 0 Å². The van der Waals surface area contributed by atoms with Gasteiger partial charge < -0.3 is 5.73 Å². The maximum absolute atomic E-state index is 5.16. The van der Waals surface area contributed by atoms with Crippen molar-refractivity contribution in [2.24, 2.45) is 0 Å². The summed E-state index contributed by atoms with van der Waals surface area (Å²) in [5.74, 6) is 0.268. The Morgan fingerprint density at radius 2 is 2.62 bits per heavy atom. The van der Waals surface area contributed by atoms with Gasteiger partial charge in [-0.2, -0.15) is 0 Å². The summed E-state index contributed by atoms with van der Waals surface area (Å²) >= 11 is 0. The van der Waals surface area contributed by atoms with Crippen molar-refractivity contribution < 1.29 is 0 Å². The fraction of sp³-hybridized carbons (Fsp3) is 0. The van der Waals surface area contributed by atoms with Gasteiger partial charge in [0.2, 0.25) is 5.95 Å². The van der Waals surface area contributed by atoms with E-state index >= 15 is 0 Å². The maximum atomic E-state index is 5.16. The van der Waals surface area contributed by atoms with E-state index in [0.717, 1.165) is 0 Å². The van der Waals surface area contributed by atoms with Crippen LogP contribution in [0.25, 0.3) is 6.20 Å². The molecular weight excluding hydrogens is 104 g/mol. The Kier molecular flexibility index (Phi) is 0.997. The summed E-state index contributed by atoms with van der Waals surface area (Å²) in [5.41, 5.74) is 5.16. The van der Waals surface area contributed by atoms with Gasteiger partial charge in [-0.1, -0.05) is 6.58 Å². The summed E-state index contributed by atoms with van der Waals surface area (Å²) < 4.78 is 1.44. The number of rotatable bonds is 1. The molecule has 0 aliphatic heterocycles. The minimum Gasteiger partial charge on any atom is -0.366 e. The number of anilines is 1. The molecule has 0 saturated carbocycles. The minimum atomic E-state index is 0.268. The fourth-order valence-corrected chi connectivity index (χ4v) is 0.376. The van der Waals surface area contributed by atoms with Crippen molar-refractivity contribution in [2.75, 3.05) is 5.73 Å². The second kappa shape index (κ2) is 1.65. The molecule has 0 unspecified atom stereocenters. The van der Waals surface area contributed by atoms with E-state index in [9.17, 15) is 0 Å². The van der Waals surface area contributed by atoms with E-state index in [1.807, 2.05) is 0 Å². The van der Waals surface area contributed by atoms with Gasteiger partial charge in [-0.3, -0.25) is 0 Å². The van der Waals surface area contributed by atoms with Crippen molar-refractivity contribution in [3.63, 3.8) is 0 Å². The summed E-state index contributed by atoms with van der Waals surface area (Å²) in [6.07, 6.45) is 3.01. The first-order valence-electron chi connectivity index (χ1n) is 2.12. The smallest absolute Gasteiger partial charge is 0.239 e. The zero-order valence-corrected chi connectivity index (χ0v) is 4.28. The second-order valence-electron chi connectivity index (χ2n) is 1.27. The summed E-state index contributed by atoms with van der Waals surface area (Å²) in [6, 6.07) is 0. The molecule has 0 aromatic carbocycles. The molecule has 0 amide bonds. The van der Waals surface area contributed by atoms with Crippen LogP contribution in [0.2, 0.25) is 0 Å². The largest absolute Gasteiger partial charge is 0.366 e. The molecule has 0 aliphatic carbocycles. The average molecular weight is 110 g/mol. The third kappa shape index (κ3) is 0.676. The van der Waals surface area contributed by atoms with Crippen LogP contribution in [-0.4, -0.2) is 14.8 Å². The van der Waals surface area contributed by atoms with Crippen molar-refractivity contribution >= 4 is 12.1 Å². The van der Waals surface area contributed by atoms with E-state index in [2.05, 4.69) is 16.7 Å². The zero-order valence-electron chi connectivity index (χ0n) is 4.28. The molecule has 0 spiro atoms. The average Bonchev–Trinajstić information content (AvgIpc) is 2.14. The van der Waals surface area contributed by atoms with E-state index in [1.54, 1.807) is 0 Å². The van der Waals surface area contributed by atoms with Crippen molar-refractivity contribution in [2.45, 2.75) is 0 Å². The lowest BCUT2D eigenvalue weighted by Gasteiger charge is -1.80. The predicted octanol–water partition coefficient (Wildman–Crippen LogP) is -0.0392. The van der Waals surface area contributed by atoms with E-state index in [4.69, 9.17) is 5.73 Å². The molecule has 1 rings (SSSR count). The van der Waals surface area contributed by atoms with Gasteiger partial charge in [0.05, 0.1) is 0 Å². The van der Waals surface area contributed by atoms with E-state index in [-0.39, 0.29) is 5.95 Å². The molecule has 0 radical (unpaired) electrons. The zero-order chi connectivity index (χ0) is 5.98. The Hall–Kier alpha value is -1.32. The second-order valence-corrected chi connectivity index (χ2v) is 1.27. The number of aromatic nitrogens is 3. The Labute approximate surface area is 46.6 Å². The quantitative estimate of drug-likeness (QED) is 0.551. The highest BCUT2D eigenvalue weighted by Crippen LogP contribution is 1.86. The van der Waals surface area contributed by atoms with Crippen LogP contribution >= 0.6 is 0 Å². The highest BCUT2D eigenvalue weighted by Gasteiger charge is 1.86. The Morgan fingerprint density at radius 1 is 1.88 bits per heavy atom. The normalized spacial score (nSPS) is 9.00. The van der Waals surface area contributed by atoms with Crippen molar-refractivity contribution in [3.05, 3.63) is 12.9 Å². The Morgan fingerprint density at radius 3 is 2.88 bits per heavy atom. The molecule has 1 aromatic heterocycles. The molecule has 0 atom stereocenters. The van der Waals surface area contributed by atoms with Gasteiger partial charge in [-0.05, 0) is 0 Å². The predicted molar refractivity (Wildman–Crippen MR) is 30.8 cm³/mol. The van der Waals surface area contributed by atoms with Crippen LogP contribution in [-0.2, 0) is 0 Å². The maximum Gasteiger partial charge on any atom is 0.239 e. The van der Waals surface area contributed by atoms with Crippen LogP contribution in [0, 0.1) is 0 Å². The van der Waals surface area contributed by atoms with Gasteiger partial charge >= 0.3 is 0 Å². The summed E-state index contributed by atoms with van der Waals surface area (Å²) in [4.78, 5) is 3.65. The van der Waals surface area contributed by atoms with Gasteiger partial charge in [-0.25, -0.2) is 9.67 Å².